The van der Waals surface area contributed by atoms with Gasteiger partial charge in [-0.15, -0.1) is 0 Å². The molecule has 0 saturated carbocycles. The molecule has 7 N–H and O–H groups in total. The molecule has 0 aromatic heterocycles. The van der Waals surface area contributed by atoms with Crippen molar-refractivity contribution in [2.24, 2.45) is 0 Å². The third-order valence-electron chi connectivity index (χ3n) is 4.30. The number of hydrogen-bond donors (Lipinski definition) is 7. The van der Waals surface area contributed by atoms with E-state index in [-0.39, 0.29) is 13.0 Å². The van der Waals surface area contributed by atoms with Crippen molar-refractivity contribution >= 4 is 0 Å². The molecule has 0 aliphatic carbocycles. The lowest BCUT2D eigenvalue weighted by Gasteiger charge is -2.46. The highest BCUT2D eigenvalue weighted by Gasteiger charge is 2.52. The molecule has 0 radical (unpaired) electrons. The Morgan fingerprint density at radius 3 is 2.30 bits per heavy atom. The van der Waals surface area contributed by atoms with Gasteiger partial charge in [-0.25, -0.2) is 0 Å². The minimum Gasteiger partial charge on any atom is -0.394 e. The van der Waals surface area contributed by atoms with Crippen LogP contribution < -0.4 is 0 Å². The largest absolute Gasteiger partial charge is 0.394 e. The number of aliphatic hydroxyl groups is 7. The van der Waals surface area contributed by atoms with E-state index in [2.05, 4.69) is 0 Å². The van der Waals surface area contributed by atoms with Gasteiger partial charge in [-0.2, -0.15) is 0 Å². The molecule has 2 aliphatic heterocycles. The van der Waals surface area contributed by atoms with Crippen LogP contribution in [-0.2, 0) is 14.2 Å². The van der Waals surface area contributed by atoms with E-state index in [0.29, 0.717) is 0 Å². The maximum Gasteiger partial charge on any atom is 0.194 e. The molecule has 2 rings (SSSR count). The van der Waals surface area contributed by atoms with Crippen LogP contribution in [0.4, 0.5) is 0 Å². The van der Waals surface area contributed by atoms with Crippen molar-refractivity contribution in [1.29, 1.82) is 0 Å². The van der Waals surface area contributed by atoms with E-state index in [1.54, 1.807) is 6.92 Å². The molecule has 2 saturated heterocycles. The molecule has 2 fully saturated rings. The lowest BCUT2D eigenvalue weighted by atomic mass is 9.94. The van der Waals surface area contributed by atoms with Crippen LogP contribution in [0.5, 0.6) is 0 Å². The molecule has 2 aliphatic rings. The van der Waals surface area contributed by atoms with Gasteiger partial charge in [0.05, 0.1) is 13.2 Å². The highest BCUT2D eigenvalue weighted by molar-refractivity contribution is 4.94. The van der Waals surface area contributed by atoms with Crippen molar-refractivity contribution in [3.63, 3.8) is 0 Å². The Hall–Kier alpha value is -0.400. The number of aliphatic hydroxyl groups excluding tert-OH is 6. The van der Waals surface area contributed by atoms with E-state index in [1.165, 1.54) is 0 Å². The molecule has 9 atom stereocenters. The third kappa shape index (κ3) is 3.51. The standard InChI is InChI=1S/C13H24O10/c1-2-13(20)11(19)10(5(15)4-21-13)23-12-9(18)8(17)7(16)6(3-14)22-12/h5-12,14-20H,2-4H2,1H3/t5-,6?,7+,8+,9?,10?,11-,12+,13+/m1/s1. The van der Waals surface area contributed by atoms with Gasteiger partial charge in [0.1, 0.15) is 42.7 Å². The SMILES string of the molecule is CC[C@]1(O)OC[C@@H](O)C(O[C@@H]2OC(CO)[C@H](O)[C@H](O)C2O)[C@H]1O. The van der Waals surface area contributed by atoms with E-state index < -0.39 is 61.4 Å². The van der Waals surface area contributed by atoms with Gasteiger partial charge in [0.15, 0.2) is 12.1 Å². The van der Waals surface area contributed by atoms with Crippen LogP contribution in [-0.4, -0.2) is 104 Å². The fourth-order valence-corrected chi connectivity index (χ4v) is 2.69. The zero-order valence-electron chi connectivity index (χ0n) is 12.6. The third-order valence-corrected chi connectivity index (χ3v) is 4.30. The molecule has 10 nitrogen and oxygen atoms in total. The van der Waals surface area contributed by atoms with Crippen molar-refractivity contribution in [2.45, 2.75) is 68.1 Å². The van der Waals surface area contributed by atoms with Crippen LogP contribution >= 0.6 is 0 Å². The van der Waals surface area contributed by atoms with E-state index in [9.17, 15) is 30.6 Å². The lowest BCUT2D eigenvalue weighted by molar-refractivity contribution is -0.369. The fourth-order valence-electron chi connectivity index (χ4n) is 2.69. The monoisotopic (exact) mass is 340 g/mol. The Labute approximate surface area is 132 Å². The van der Waals surface area contributed by atoms with Crippen LogP contribution in [0.2, 0.25) is 0 Å². The maximum atomic E-state index is 10.2. The normalized spacial score (nSPS) is 51.7. The molecule has 0 bridgehead atoms. The zero-order valence-corrected chi connectivity index (χ0v) is 12.6. The van der Waals surface area contributed by atoms with Crippen molar-refractivity contribution in [1.82, 2.24) is 0 Å². The molecule has 0 aromatic rings. The average Bonchev–Trinajstić information content (AvgIpc) is 2.55. The predicted octanol–water partition coefficient (Wildman–Crippen LogP) is -3.98. The van der Waals surface area contributed by atoms with Gasteiger partial charge in [0.25, 0.3) is 0 Å². The summed E-state index contributed by atoms with van der Waals surface area (Å²) in [5, 5.41) is 68.6. The second kappa shape index (κ2) is 7.23. The summed E-state index contributed by atoms with van der Waals surface area (Å²) in [6.45, 7) is 0.609. The van der Waals surface area contributed by atoms with Gasteiger partial charge in [0.2, 0.25) is 0 Å². The Bertz CT molecular complexity index is 393. The average molecular weight is 340 g/mol. The lowest BCUT2D eigenvalue weighted by Crippen LogP contribution is -2.65. The minimum atomic E-state index is -1.93. The summed E-state index contributed by atoms with van der Waals surface area (Å²) < 4.78 is 15.5. The summed E-state index contributed by atoms with van der Waals surface area (Å²) in [5.41, 5.74) is 0. The van der Waals surface area contributed by atoms with Crippen molar-refractivity contribution in [3.05, 3.63) is 0 Å². The van der Waals surface area contributed by atoms with Crippen LogP contribution in [0.3, 0.4) is 0 Å². The highest BCUT2D eigenvalue weighted by Crippen LogP contribution is 2.31. The maximum absolute atomic E-state index is 10.2. The van der Waals surface area contributed by atoms with E-state index in [4.69, 9.17) is 19.3 Å². The highest BCUT2D eigenvalue weighted by atomic mass is 16.7. The van der Waals surface area contributed by atoms with Crippen LogP contribution in [0.1, 0.15) is 13.3 Å². The van der Waals surface area contributed by atoms with Gasteiger partial charge in [0, 0.05) is 6.42 Å². The molecule has 2 heterocycles. The Kier molecular flexibility index (Phi) is 5.95. The number of ether oxygens (including phenoxy) is 3. The molecular formula is C13H24O10. The van der Waals surface area contributed by atoms with Gasteiger partial charge in [-0.3, -0.25) is 0 Å². The van der Waals surface area contributed by atoms with Gasteiger partial charge >= 0.3 is 0 Å². The zero-order chi connectivity index (χ0) is 17.4. The van der Waals surface area contributed by atoms with E-state index >= 15 is 0 Å². The molecule has 23 heavy (non-hydrogen) atoms. The van der Waals surface area contributed by atoms with Crippen LogP contribution in [0.15, 0.2) is 0 Å². The first-order valence-electron chi connectivity index (χ1n) is 7.43. The van der Waals surface area contributed by atoms with Crippen LogP contribution in [0.25, 0.3) is 0 Å². The quantitative estimate of drug-likeness (QED) is 0.268. The number of rotatable bonds is 4. The molecule has 136 valence electrons. The number of hydrogen-bond acceptors (Lipinski definition) is 10. The molecule has 0 amide bonds. The second-order valence-corrected chi connectivity index (χ2v) is 5.82. The Morgan fingerprint density at radius 1 is 1.09 bits per heavy atom. The summed E-state index contributed by atoms with van der Waals surface area (Å²) >= 11 is 0. The van der Waals surface area contributed by atoms with Crippen molar-refractivity contribution in [3.8, 4) is 0 Å². The summed E-state index contributed by atoms with van der Waals surface area (Å²) in [6, 6.07) is 0. The van der Waals surface area contributed by atoms with Crippen LogP contribution in [0, 0.1) is 0 Å². The van der Waals surface area contributed by atoms with Crippen molar-refractivity contribution in [2.75, 3.05) is 13.2 Å². The van der Waals surface area contributed by atoms with E-state index in [0.717, 1.165) is 0 Å². The Morgan fingerprint density at radius 2 is 1.74 bits per heavy atom. The summed E-state index contributed by atoms with van der Waals surface area (Å²) in [6.07, 6.45) is -11.9. The molecule has 10 heteroatoms. The van der Waals surface area contributed by atoms with Gasteiger partial charge in [-0.1, -0.05) is 6.92 Å². The van der Waals surface area contributed by atoms with E-state index in [1.807, 2.05) is 0 Å². The van der Waals surface area contributed by atoms with Crippen molar-refractivity contribution < 1.29 is 50.0 Å². The smallest absolute Gasteiger partial charge is 0.194 e. The topological polar surface area (TPSA) is 169 Å². The van der Waals surface area contributed by atoms with Gasteiger partial charge < -0.3 is 50.0 Å². The van der Waals surface area contributed by atoms with Gasteiger partial charge in [-0.05, 0) is 0 Å². The molecular weight excluding hydrogens is 316 g/mol. The predicted molar refractivity (Wildman–Crippen MR) is 71.8 cm³/mol. The first kappa shape index (κ1) is 18.9. The minimum absolute atomic E-state index is 0.0232. The molecule has 0 aromatic carbocycles. The second-order valence-electron chi connectivity index (χ2n) is 5.82. The summed E-state index contributed by atoms with van der Waals surface area (Å²) in [4.78, 5) is 0. The molecule has 0 spiro atoms. The first-order chi connectivity index (χ1) is 10.7. The fraction of sp³-hybridized carbons (Fsp3) is 1.00. The molecule has 3 unspecified atom stereocenters. The Balaban J connectivity index is 2.12. The summed E-state index contributed by atoms with van der Waals surface area (Å²) in [5.74, 6) is -1.93. The summed E-state index contributed by atoms with van der Waals surface area (Å²) in [7, 11) is 0. The first-order valence-corrected chi connectivity index (χ1v) is 7.43.